The molecule has 3 rings (SSSR count). The van der Waals surface area contributed by atoms with E-state index in [0.29, 0.717) is 6.54 Å². The summed E-state index contributed by atoms with van der Waals surface area (Å²) in [5.74, 6) is 1.82. The van der Waals surface area contributed by atoms with Gasteiger partial charge in [-0.3, -0.25) is 4.99 Å². The summed E-state index contributed by atoms with van der Waals surface area (Å²) >= 11 is 1.79. The third-order valence-corrected chi connectivity index (χ3v) is 5.75. The van der Waals surface area contributed by atoms with Gasteiger partial charge in [-0.2, -0.15) is 0 Å². The first-order valence-electron chi connectivity index (χ1n) is 9.93. The van der Waals surface area contributed by atoms with Crippen LogP contribution in [0.2, 0.25) is 0 Å². The third-order valence-electron chi connectivity index (χ3n) is 4.55. The predicted octanol–water partition coefficient (Wildman–Crippen LogP) is 3.19. The van der Waals surface area contributed by atoms with Crippen molar-refractivity contribution in [3.8, 4) is 0 Å². The lowest BCUT2D eigenvalue weighted by Gasteiger charge is -2.21. The first-order valence-corrected chi connectivity index (χ1v) is 10.7. The smallest absolute Gasteiger partial charge is 0.191 e. The van der Waals surface area contributed by atoms with Gasteiger partial charge >= 0.3 is 0 Å². The highest BCUT2D eigenvalue weighted by Crippen LogP contribution is 2.14. The van der Waals surface area contributed by atoms with Crippen LogP contribution in [0, 0.1) is 0 Å². The second-order valence-corrected chi connectivity index (χ2v) is 7.88. The highest BCUT2D eigenvalue weighted by atomic mass is 32.1. The van der Waals surface area contributed by atoms with Gasteiger partial charge in [0.05, 0.1) is 23.9 Å². The molecular formula is C20H30N4O2S. The number of ether oxygens (including phenoxy) is 1. The van der Waals surface area contributed by atoms with Gasteiger partial charge < -0.3 is 19.8 Å². The number of hydrogen-bond acceptors (Lipinski definition) is 5. The van der Waals surface area contributed by atoms with E-state index in [1.807, 2.05) is 18.3 Å². The van der Waals surface area contributed by atoms with Crippen molar-refractivity contribution in [3.05, 3.63) is 40.2 Å². The van der Waals surface area contributed by atoms with Gasteiger partial charge in [0, 0.05) is 43.6 Å². The average Bonchev–Trinajstić information content (AvgIpc) is 3.38. The van der Waals surface area contributed by atoms with Crippen molar-refractivity contribution in [2.75, 3.05) is 26.2 Å². The first kappa shape index (κ1) is 19.9. The van der Waals surface area contributed by atoms with Crippen LogP contribution in [0.4, 0.5) is 0 Å². The Hall–Kier alpha value is -1.86. The molecule has 1 saturated heterocycles. The maximum absolute atomic E-state index is 5.79. The van der Waals surface area contributed by atoms with E-state index in [9.17, 15) is 0 Å². The quantitative estimate of drug-likeness (QED) is 0.508. The molecule has 1 unspecified atom stereocenters. The topological polar surface area (TPSA) is 71.7 Å². The van der Waals surface area contributed by atoms with Gasteiger partial charge in [0.2, 0.25) is 0 Å². The monoisotopic (exact) mass is 390 g/mol. The van der Waals surface area contributed by atoms with Gasteiger partial charge in [-0.25, -0.2) is 4.98 Å². The van der Waals surface area contributed by atoms with Gasteiger partial charge in [-0.15, -0.1) is 11.3 Å². The van der Waals surface area contributed by atoms with Crippen LogP contribution >= 0.6 is 11.3 Å². The lowest BCUT2D eigenvalue weighted by Crippen LogP contribution is -2.40. The Bertz CT molecular complexity index is 678. The number of furan rings is 1. The van der Waals surface area contributed by atoms with E-state index < -0.39 is 0 Å². The van der Waals surface area contributed by atoms with E-state index in [0.717, 1.165) is 57.1 Å². The lowest BCUT2D eigenvalue weighted by atomic mass is 10.1. The summed E-state index contributed by atoms with van der Waals surface area (Å²) < 4.78 is 11.2. The molecule has 2 aromatic rings. The maximum atomic E-state index is 5.79. The van der Waals surface area contributed by atoms with E-state index in [2.05, 4.69) is 22.5 Å². The Morgan fingerprint density at radius 2 is 2.19 bits per heavy atom. The van der Waals surface area contributed by atoms with Gasteiger partial charge in [0.25, 0.3) is 0 Å². The molecule has 6 nitrogen and oxygen atoms in total. The summed E-state index contributed by atoms with van der Waals surface area (Å²) in [6.07, 6.45) is 10.2. The van der Waals surface area contributed by atoms with Crippen molar-refractivity contribution in [2.45, 2.75) is 51.6 Å². The van der Waals surface area contributed by atoms with Crippen molar-refractivity contribution >= 4 is 17.3 Å². The number of nitrogens with zero attached hydrogens (tertiary/aromatic N) is 2. The first-order chi connectivity index (χ1) is 13.3. The van der Waals surface area contributed by atoms with Gasteiger partial charge in [-0.1, -0.05) is 6.92 Å². The Labute approximate surface area is 165 Å². The molecule has 0 spiro atoms. The van der Waals surface area contributed by atoms with Crippen molar-refractivity contribution in [1.29, 1.82) is 0 Å². The van der Waals surface area contributed by atoms with Gasteiger partial charge in [0.15, 0.2) is 5.96 Å². The van der Waals surface area contributed by atoms with Crippen LogP contribution in [0.1, 0.15) is 41.8 Å². The zero-order valence-electron chi connectivity index (χ0n) is 16.1. The molecule has 1 aliphatic heterocycles. The minimum atomic E-state index is 0.244. The number of hydrogen-bond donors (Lipinski definition) is 2. The normalized spacial score (nSPS) is 17.8. The molecule has 2 aromatic heterocycles. The van der Waals surface area contributed by atoms with E-state index >= 15 is 0 Å². The second-order valence-electron chi connectivity index (χ2n) is 6.68. The molecule has 27 heavy (non-hydrogen) atoms. The Kier molecular flexibility index (Phi) is 8.17. The zero-order chi connectivity index (χ0) is 18.7. The van der Waals surface area contributed by atoms with Crippen molar-refractivity contribution in [3.63, 3.8) is 0 Å². The molecule has 1 atom stereocenters. The molecule has 7 heteroatoms. The van der Waals surface area contributed by atoms with Crippen LogP contribution in [-0.2, 0) is 24.0 Å². The van der Waals surface area contributed by atoms with E-state index in [4.69, 9.17) is 14.1 Å². The predicted molar refractivity (Wildman–Crippen MR) is 110 cm³/mol. The van der Waals surface area contributed by atoms with Crippen LogP contribution in [0.25, 0.3) is 0 Å². The molecule has 0 saturated carbocycles. The Balaban J connectivity index is 1.47. The molecule has 3 heterocycles. The zero-order valence-corrected chi connectivity index (χ0v) is 16.9. The van der Waals surface area contributed by atoms with Crippen LogP contribution in [-0.4, -0.2) is 43.3 Å². The molecule has 0 aromatic carbocycles. The van der Waals surface area contributed by atoms with E-state index in [-0.39, 0.29) is 6.10 Å². The fourth-order valence-corrected chi connectivity index (χ4v) is 3.85. The summed E-state index contributed by atoms with van der Waals surface area (Å²) in [7, 11) is 0. The fourth-order valence-electron chi connectivity index (χ4n) is 2.99. The van der Waals surface area contributed by atoms with Crippen LogP contribution in [0.5, 0.6) is 0 Å². The number of aromatic nitrogens is 1. The largest absolute Gasteiger partial charge is 0.469 e. The van der Waals surface area contributed by atoms with Crippen LogP contribution in [0.3, 0.4) is 0 Å². The minimum absolute atomic E-state index is 0.244. The molecule has 1 aliphatic rings. The molecule has 0 radical (unpaired) electrons. The molecule has 2 N–H and O–H groups in total. The average molecular weight is 391 g/mol. The van der Waals surface area contributed by atoms with Gasteiger partial charge in [0.1, 0.15) is 5.76 Å². The summed E-state index contributed by atoms with van der Waals surface area (Å²) in [6, 6.07) is 3.91. The maximum Gasteiger partial charge on any atom is 0.191 e. The minimum Gasteiger partial charge on any atom is -0.469 e. The van der Waals surface area contributed by atoms with Crippen LogP contribution < -0.4 is 10.6 Å². The second kappa shape index (κ2) is 11.1. The summed E-state index contributed by atoms with van der Waals surface area (Å²) in [5.41, 5.74) is 0. The number of rotatable bonds is 9. The number of guanidine groups is 1. The van der Waals surface area contributed by atoms with Crippen molar-refractivity contribution < 1.29 is 9.15 Å². The van der Waals surface area contributed by atoms with Crippen LogP contribution in [0.15, 0.2) is 34.0 Å². The van der Waals surface area contributed by atoms with E-state index in [1.165, 1.54) is 22.7 Å². The molecule has 0 bridgehead atoms. The Morgan fingerprint density at radius 1 is 1.30 bits per heavy atom. The molecular weight excluding hydrogens is 360 g/mol. The number of thiazole rings is 1. The summed E-state index contributed by atoms with van der Waals surface area (Å²) in [5, 5.41) is 8.01. The molecule has 0 amide bonds. The molecule has 1 fully saturated rings. The van der Waals surface area contributed by atoms with Crippen molar-refractivity contribution in [1.82, 2.24) is 15.6 Å². The Morgan fingerprint density at radius 3 is 2.89 bits per heavy atom. The SMILES string of the molecule is CCc1cnc(CCNC(=NCC2CCCCO2)NCCc2ccco2)s1. The standard InChI is InChI=1S/C20H30N4O2S/c1-2-18-15-23-19(27-18)9-11-22-20(21-10-8-16-7-5-13-25-16)24-14-17-6-3-4-12-26-17/h5,7,13,15,17H,2-4,6,8-12,14H2,1H3,(H2,21,22,24). The summed E-state index contributed by atoms with van der Waals surface area (Å²) in [4.78, 5) is 10.6. The third kappa shape index (κ3) is 6.99. The summed E-state index contributed by atoms with van der Waals surface area (Å²) in [6.45, 7) is 5.32. The number of aliphatic imine (C=N–C) groups is 1. The fraction of sp³-hybridized carbons (Fsp3) is 0.600. The van der Waals surface area contributed by atoms with E-state index in [1.54, 1.807) is 17.6 Å². The lowest BCUT2D eigenvalue weighted by molar-refractivity contribution is 0.0224. The van der Waals surface area contributed by atoms with Gasteiger partial charge in [-0.05, 0) is 37.8 Å². The highest BCUT2D eigenvalue weighted by molar-refractivity contribution is 7.11. The van der Waals surface area contributed by atoms with Crippen molar-refractivity contribution in [2.24, 2.45) is 4.99 Å². The number of aryl methyl sites for hydroxylation is 1. The number of nitrogens with one attached hydrogen (secondary N) is 2. The molecule has 0 aliphatic carbocycles. The molecule has 148 valence electrons. The highest BCUT2D eigenvalue weighted by Gasteiger charge is 2.13.